The van der Waals surface area contributed by atoms with Crippen LogP contribution in [0.5, 0.6) is 0 Å². The summed E-state index contributed by atoms with van der Waals surface area (Å²) in [6.45, 7) is 7.71. The number of rotatable bonds is 7. The van der Waals surface area contributed by atoms with E-state index in [1.807, 2.05) is 0 Å². The van der Waals surface area contributed by atoms with Crippen molar-refractivity contribution in [2.24, 2.45) is 5.41 Å². The van der Waals surface area contributed by atoms with E-state index >= 15 is 0 Å². The van der Waals surface area contributed by atoms with Crippen LogP contribution in [0.2, 0.25) is 0 Å². The van der Waals surface area contributed by atoms with E-state index in [1.54, 1.807) is 0 Å². The topological polar surface area (TPSA) is 41.5 Å². The highest BCUT2D eigenvalue weighted by molar-refractivity contribution is 4.74. The van der Waals surface area contributed by atoms with Crippen LogP contribution in [-0.2, 0) is 4.74 Å². The molecule has 0 radical (unpaired) electrons. The highest BCUT2D eigenvalue weighted by atomic mass is 16.5. The van der Waals surface area contributed by atoms with Gasteiger partial charge in [-0.1, -0.05) is 13.8 Å². The van der Waals surface area contributed by atoms with E-state index in [-0.39, 0.29) is 5.41 Å². The van der Waals surface area contributed by atoms with Crippen molar-refractivity contribution in [2.75, 3.05) is 26.3 Å². The van der Waals surface area contributed by atoms with Crippen molar-refractivity contribution in [2.45, 2.75) is 52.1 Å². The van der Waals surface area contributed by atoms with Gasteiger partial charge < -0.3 is 15.2 Å². The minimum atomic E-state index is 0.275. The number of ether oxygens (including phenoxy) is 1. The lowest BCUT2D eigenvalue weighted by atomic mass is 9.88. The zero-order valence-corrected chi connectivity index (χ0v) is 10.8. The zero-order chi connectivity index (χ0) is 11.9. The second-order valence-electron chi connectivity index (χ2n) is 5.61. The molecule has 1 fully saturated rings. The fourth-order valence-corrected chi connectivity index (χ4v) is 2.19. The van der Waals surface area contributed by atoms with Crippen LogP contribution in [0.4, 0.5) is 0 Å². The summed E-state index contributed by atoms with van der Waals surface area (Å²) in [7, 11) is 0. The molecule has 2 N–H and O–H groups in total. The Morgan fingerprint density at radius 1 is 1.38 bits per heavy atom. The molecule has 1 rings (SSSR count). The molecule has 1 aliphatic rings. The van der Waals surface area contributed by atoms with Crippen molar-refractivity contribution in [3.8, 4) is 0 Å². The molecule has 96 valence electrons. The minimum absolute atomic E-state index is 0.275. The summed E-state index contributed by atoms with van der Waals surface area (Å²) in [4.78, 5) is 0. The molecule has 0 aromatic heterocycles. The summed E-state index contributed by atoms with van der Waals surface area (Å²) in [5, 5.41) is 12.3. The fraction of sp³-hybridized carbons (Fsp3) is 1.00. The highest BCUT2D eigenvalue weighted by Gasteiger charge is 2.18. The maximum absolute atomic E-state index is 8.82. The first-order chi connectivity index (χ1) is 7.64. The van der Waals surface area contributed by atoms with Crippen LogP contribution >= 0.6 is 0 Å². The number of aliphatic hydroxyl groups excluding tert-OH is 1. The van der Waals surface area contributed by atoms with Gasteiger partial charge in [-0.3, -0.25) is 0 Å². The Bertz CT molecular complexity index is 177. The van der Waals surface area contributed by atoms with Gasteiger partial charge in [0.2, 0.25) is 0 Å². The van der Waals surface area contributed by atoms with Crippen LogP contribution in [0.25, 0.3) is 0 Å². The van der Waals surface area contributed by atoms with E-state index in [0.29, 0.717) is 12.7 Å². The van der Waals surface area contributed by atoms with Gasteiger partial charge in [0.05, 0.1) is 6.10 Å². The SMILES string of the molecule is CC(C)(CCCO)CNCC1CCCCO1. The largest absolute Gasteiger partial charge is 0.396 e. The summed E-state index contributed by atoms with van der Waals surface area (Å²) in [5.74, 6) is 0. The van der Waals surface area contributed by atoms with E-state index in [2.05, 4.69) is 19.2 Å². The van der Waals surface area contributed by atoms with Gasteiger partial charge in [0.1, 0.15) is 0 Å². The average molecular weight is 229 g/mol. The first kappa shape index (κ1) is 13.9. The van der Waals surface area contributed by atoms with E-state index in [1.165, 1.54) is 19.3 Å². The quantitative estimate of drug-likeness (QED) is 0.701. The Morgan fingerprint density at radius 3 is 2.81 bits per heavy atom. The molecular weight excluding hydrogens is 202 g/mol. The van der Waals surface area contributed by atoms with E-state index in [9.17, 15) is 0 Å². The van der Waals surface area contributed by atoms with Crippen LogP contribution < -0.4 is 5.32 Å². The molecule has 3 heteroatoms. The average Bonchev–Trinajstić information content (AvgIpc) is 2.28. The van der Waals surface area contributed by atoms with Crippen LogP contribution in [0, 0.1) is 5.41 Å². The second-order valence-corrected chi connectivity index (χ2v) is 5.61. The molecule has 0 aliphatic carbocycles. The summed E-state index contributed by atoms with van der Waals surface area (Å²) < 4.78 is 5.67. The molecule has 0 aromatic carbocycles. The first-order valence-electron chi connectivity index (χ1n) is 6.57. The molecule has 1 heterocycles. The molecule has 3 nitrogen and oxygen atoms in total. The van der Waals surface area contributed by atoms with Crippen molar-refractivity contribution in [1.82, 2.24) is 5.32 Å². The van der Waals surface area contributed by atoms with Crippen molar-refractivity contribution < 1.29 is 9.84 Å². The summed E-state index contributed by atoms with van der Waals surface area (Å²) in [6.07, 6.45) is 6.11. The molecule has 1 atom stereocenters. The molecule has 0 bridgehead atoms. The summed E-state index contributed by atoms with van der Waals surface area (Å²) in [5.41, 5.74) is 0.275. The highest BCUT2D eigenvalue weighted by Crippen LogP contribution is 2.21. The fourth-order valence-electron chi connectivity index (χ4n) is 2.19. The van der Waals surface area contributed by atoms with Crippen molar-refractivity contribution in [3.05, 3.63) is 0 Å². The number of aliphatic hydroxyl groups is 1. The standard InChI is InChI=1S/C13H27NO2/c1-13(2,7-5-8-15)11-14-10-12-6-3-4-9-16-12/h12,14-15H,3-11H2,1-2H3. The molecular formula is C13H27NO2. The lowest BCUT2D eigenvalue weighted by molar-refractivity contribution is 0.0156. The molecule has 0 aromatic rings. The molecule has 0 spiro atoms. The molecule has 0 amide bonds. The molecule has 1 aliphatic heterocycles. The monoisotopic (exact) mass is 229 g/mol. The third kappa shape index (κ3) is 5.83. The predicted octanol–water partition coefficient (Wildman–Crippen LogP) is 1.94. The van der Waals surface area contributed by atoms with Gasteiger partial charge in [-0.2, -0.15) is 0 Å². The van der Waals surface area contributed by atoms with Gasteiger partial charge in [0, 0.05) is 26.3 Å². The van der Waals surface area contributed by atoms with E-state index in [4.69, 9.17) is 9.84 Å². The lowest BCUT2D eigenvalue weighted by Gasteiger charge is -2.28. The van der Waals surface area contributed by atoms with Crippen LogP contribution in [0.1, 0.15) is 46.0 Å². The number of hydrogen-bond donors (Lipinski definition) is 2. The maximum Gasteiger partial charge on any atom is 0.0699 e. The Kier molecular flexibility index (Phi) is 6.32. The van der Waals surface area contributed by atoms with Gasteiger partial charge in [0.25, 0.3) is 0 Å². The van der Waals surface area contributed by atoms with Gasteiger partial charge in [-0.05, 0) is 37.5 Å². The van der Waals surface area contributed by atoms with Crippen molar-refractivity contribution in [3.63, 3.8) is 0 Å². The van der Waals surface area contributed by atoms with Gasteiger partial charge >= 0.3 is 0 Å². The van der Waals surface area contributed by atoms with E-state index in [0.717, 1.165) is 32.5 Å². The Morgan fingerprint density at radius 2 is 2.19 bits per heavy atom. The van der Waals surface area contributed by atoms with Crippen LogP contribution in [0.3, 0.4) is 0 Å². The van der Waals surface area contributed by atoms with Crippen LogP contribution in [0.15, 0.2) is 0 Å². The van der Waals surface area contributed by atoms with Gasteiger partial charge in [-0.25, -0.2) is 0 Å². The Hall–Kier alpha value is -0.120. The van der Waals surface area contributed by atoms with Crippen LogP contribution in [-0.4, -0.2) is 37.5 Å². The smallest absolute Gasteiger partial charge is 0.0699 e. The van der Waals surface area contributed by atoms with Gasteiger partial charge in [0.15, 0.2) is 0 Å². The second kappa shape index (κ2) is 7.25. The zero-order valence-electron chi connectivity index (χ0n) is 10.8. The molecule has 1 unspecified atom stereocenters. The third-order valence-electron chi connectivity index (χ3n) is 3.26. The third-order valence-corrected chi connectivity index (χ3v) is 3.26. The normalized spacial score (nSPS) is 22.3. The lowest BCUT2D eigenvalue weighted by Crippen LogP contribution is -2.37. The minimum Gasteiger partial charge on any atom is -0.396 e. The predicted molar refractivity (Wildman–Crippen MR) is 66.6 cm³/mol. The Labute approximate surface area is 99.6 Å². The van der Waals surface area contributed by atoms with E-state index < -0.39 is 0 Å². The Balaban J connectivity index is 2.08. The maximum atomic E-state index is 8.82. The molecule has 1 saturated heterocycles. The first-order valence-corrected chi connectivity index (χ1v) is 6.57. The summed E-state index contributed by atoms with van der Waals surface area (Å²) >= 11 is 0. The number of hydrogen-bond acceptors (Lipinski definition) is 3. The van der Waals surface area contributed by atoms with Gasteiger partial charge in [-0.15, -0.1) is 0 Å². The van der Waals surface area contributed by atoms with Crippen molar-refractivity contribution >= 4 is 0 Å². The summed E-state index contributed by atoms with van der Waals surface area (Å²) in [6, 6.07) is 0. The molecule has 16 heavy (non-hydrogen) atoms. The number of nitrogens with one attached hydrogen (secondary N) is 1. The van der Waals surface area contributed by atoms with Crippen molar-refractivity contribution in [1.29, 1.82) is 0 Å². The molecule has 0 saturated carbocycles.